The van der Waals surface area contributed by atoms with Crippen LogP contribution >= 0.6 is 11.6 Å². The summed E-state index contributed by atoms with van der Waals surface area (Å²) in [6.07, 6.45) is 8.55. The van der Waals surface area contributed by atoms with Gasteiger partial charge in [-0.15, -0.1) is 0 Å². The van der Waals surface area contributed by atoms with Gasteiger partial charge in [0.1, 0.15) is 11.7 Å². The first kappa shape index (κ1) is 21.1. The largest absolute Gasteiger partial charge is 0.381 e. The minimum Gasteiger partial charge on any atom is -0.381 e. The van der Waals surface area contributed by atoms with Crippen molar-refractivity contribution in [1.29, 1.82) is 5.26 Å². The zero-order chi connectivity index (χ0) is 20.3. The number of rotatable bonds is 5. The van der Waals surface area contributed by atoms with Gasteiger partial charge in [-0.25, -0.2) is 0 Å². The Kier molecular flexibility index (Phi) is 6.68. The lowest BCUT2D eigenvalue weighted by Crippen LogP contribution is -2.44. The van der Waals surface area contributed by atoms with E-state index in [0.717, 1.165) is 12.8 Å². The summed E-state index contributed by atoms with van der Waals surface area (Å²) in [5.74, 6) is 1.21. The Morgan fingerprint density at radius 1 is 1.32 bits per heavy atom. The Balaban J connectivity index is 1.81. The van der Waals surface area contributed by atoms with E-state index in [2.05, 4.69) is 6.07 Å². The fraction of sp³-hybridized carbons (Fsp3) is 0.652. The van der Waals surface area contributed by atoms with Gasteiger partial charge in [0.05, 0.1) is 10.6 Å². The summed E-state index contributed by atoms with van der Waals surface area (Å²) in [6, 6.07) is 7.95. The molecular weight excluding hydrogens is 372 g/mol. The predicted octanol–water partition coefficient (Wildman–Crippen LogP) is 4.89. The van der Waals surface area contributed by atoms with Gasteiger partial charge in [0, 0.05) is 13.1 Å². The van der Waals surface area contributed by atoms with E-state index < -0.39 is 5.60 Å². The average Bonchev–Trinajstić information content (AvgIpc) is 3.15. The first-order valence-electron chi connectivity index (χ1n) is 10.5. The number of halogens is 1. The molecule has 2 atom stereocenters. The van der Waals surface area contributed by atoms with E-state index in [4.69, 9.17) is 11.6 Å². The summed E-state index contributed by atoms with van der Waals surface area (Å²) in [7, 11) is 0. The van der Waals surface area contributed by atoms with Crippen LogP contribution in [0, 0.1) is 23.2 Å². The average molecular weight is 403 g/mol. The number of hydrogen-bond donors (Lipinski definition) is 1. The molecule has 0 radical (unpaired) electrons. The lowest BCUT2D eigenvalue weighted by molar-refractivity contribution is -0.146. The third kappa shape index (κ3) is 4.88. The van der Waals surface area contributed by atoms with Crippen molar-refractivity contribution in [3.8, 4) is 6.07 Å². The Hall–Kier alpha value is -1.57. The minimum atomic E-state index is -1.33. The summed E-state index contributed by atoms with van der Waals surface area (Å²) in [6.45, 7) is 4.49. The van der Waals surface area contributed by atoms with Gasteiger partial charge >= 0.3 is 0 Å². The first-order chi connectivity index (χ1) is 13.3. The summed E-state index contributed by atoms with van der Waals surface area (Å²) >= 11 is 6.34. The molecular formula is C23H31ClN2O2. The lowest BCUT2D eigenvalue weighted by atomic mass is 9.75. The van der Waals surface area contributed by atoms with Crippen molar-refractivity contribution in [1.82, 2.24) is 4.90 Å². The summed E-state index contributed by atoms with van der Waals surface area (Å²) in [4.78, 5) is 14.3. The number of hydrogen-bond acceptors (Lipinski definition) is 3. The molecule has 28 heavy (non-hydrogen) atoms. The van der Waals surface area contributed by atoms with Crippen LogP contribution < -0.4 is 0 Å². The SMILES string of the molecule is CC(C)(O)C(=O)N1CC[C@H](C(CC2CCCCC2)c2ccc(C#N)c(Cl)c2)C1. The van der Waals surface area contributed by atoms with Gasteiger partial charge < -0.3 is 10.0 Å². The molecule has 1 saturated carbocycles. The highest BCUT2D eigenvalue weighted by atomic mass is 35.5. The number of amides is 1. The van der Waals surface area contributed by atoms with Crippen molar-refractivity contribution in [3.63, 3.8) is 0 Å². The molecule has 0 bridgehead atoms. The maximum atomic E-state index is 12.5. The second kappa shape index (κ2) is 8.84. The minimum absolute atomic E-state index is 0.190. The fourth-order valence-corrected chi connectivity index (χ4v) is 5.15. The van der Waals surface area contributed by atoms with E-state index in [1.165, 1.54) is 37.7 Å². The molecule has 2 fully saturated rings. The van der Waals surface area contributed by atoms with Crippen LogP contribution in [-0.2, 0) is 4.79 Å². The molecule has 2 aliphatic rings. The topological polar surface area (TPSA) is 64.3 Å². The Morgan fingerprint density at radius 2 is 2.04 bits per heavy atom. The number of benzene rings is 1. The van der Waals surface area contributed by atoms with Gasteiger partial charge in [-0.3, -0.25) is 4.79 Å². The molecule has 1 unspecified atom stereocenters. The van der Waals surface area contributed by atoms with Crippen molar-refractivity contribution in [2.24, 2.45) is 11.8 Å². The maximum Gasteiger partial charge on any atom is 0.253 e. The van der Waals surface area contributed by atoms with Crippen molar-refractivity contribution >= 4 is 17.5 Å². The zero-order valence-corrected chi connectivity index (χ0v) is 17.7. The summed E-state index contributed by atoms with van der Waals surface area (Å²) in [5, 5.41) is 19.8. The van der Waals surface area contributed by atoms with Gasteiger partial charge in [-0.2, -0.15) is 5.26 Å². The van der Waals surface area contributed by atoms with Gasteiger partial charge in [0.25, 0.3) is 5.91 Å². The normalized spacial score (nSPS) is 22.1. The van der Waals surface area contributed by atoms with E-state index in [1.54, 1.807) is 13.8 Å². The molecule has 0 aromatic heterocycles. The van der Waals surface area contributed by atoms with Crippen molar-refractivity contribution in [2.45, 2.75) is 70.3 Å². The van der Waals surface area contributed by atoms with Crippen LogP contribution in [-0.4, -0.2) is 34.6 Å². The van der Waals surface area contributed by atoms with Crippen LogP contribution in [0.5, 0.6) is 0 Å². The molecule has 5 heteroatoms. The number of nitriles is 1. The van der Waals surface area contributed by atoms with E-state index in [0.29, 0.717) is 41.4 Å². The molecule has 1 saturated heterocycles. The molecule has 1 aromatic rings. The number of likely N-dealkylation sites (tertiary alicyclic amines) is 1. The Labute approximate surface area is 173 Å². The molecule has 1 N–H and O–H groups in total. The number of carbonyl (C=O) groups is 1. The second-order valence-electron chi connectivity index (χ2n) is 9.06. The van der Waals surface area contributed by atoms with Gasteiger partial charge in [0.15, 0.2) is 0 Å². The Bertz CT molecular complexity index is 744. The molecule has 1 heterocycles. The summed E-state index contributed by atoms with van der Waals surface area (Å²) in [5.41, 5.74) is 0.357. The molecule has 4 nitrogen and oxygen atoms in total. The van der Waals surface area contributed by atoms with Crippen LogP contribution in [0.4, 0.5) is 0 Å². The van der Waals surface area contributed by atoms with Crippen LogP contribution in [0.1, 0.15) is 75.8 Å². The Morgan fingerprint density at radius 3 is 2.64 bits per heavy atom. The van der Waals surface area contributed by atoms with Crippen LogP contribution in [0.15, 0.2) is 18.2 Å². The maximum absolute atomic E-state index is 12.5. The van der Waals surface area contributed by atoms with Crippen molar-refractivity contribution in [2.75, 3.05) is 13.1 Å². The standard InChI is InChI=1S/C23H31ClN2O2/c1-23(2,28)22(27)26-11-10-19(15-26)20(12-16-6-4-3-5-7-16)17-8-9-18(14-25)21(24)13-17/h8-9,13,16,19-20,28H,3-7,10-12,15H2,1-2H3/t19-,20?/m0/s1. The van der Waals surface area contributed by atoms with Gasteiger partial charge in [0.2, 0.25) is 0 Å². The number of nitrogens with zero attached hydrogens (tertiary/aromatic N) is 2. The van der Waals surface area contributed by atoms with E-state index in [9.17, 15) is 15.2 Å². The zero-order valence-electron chi connectivity index (χ0n) is 17.0. The van der Waals surface area contributed by atoms with Crippen molar-refractivity contribution in [3.05, 3.63) is 34.3 Å². The molecule has 0 spiro atoms. The molecule has 3 rings (SSSR count). The second-order valence-corrected chi connectivity index (χ2v) is 9.46. The van der Waals surface area contributed by atoms with E-state index >= 15 is 0 Å². The molecule has 1 aliphatic heterocycles. The van der Waals surface area contributed by atoms with E-state index in [1.807, 2.05) is 23.1 Å². The van der Waals surface area contributed by atoms with E-state index in [-0.39, 0.29) is 5.91 Å². The molecule has 1 aromatic carbocycles. The quantitative estimate of drug-likeness (QED) is 0.762. The van der Waals surface area contributed by atoms with Crippen LogP contribution in [0.2, 0.25) is 5.02 Å². The molecule has 152 valence electrons. The highest BCUT2D eigenvalue weighted by molar-refractivity contribution is 6.31. The van der Waals surface area contributed by atoms with Gasteiger partial charge in [-0.05, 0) is 62.1 Å². The number of carbonyl (C=O) groups excluding carboxylic acids is 1. The lowest BCUT2D eigenvalue weighted by Gasteiger charge is -2.31. The summed E-state index contributed by atoms with van der Waals surface area (Å²) < 4.78 is 0. The highest BCUT2D eigenvalue weighted by Crippen LogP contribution is 2.41. The monoisotopic (exact) mass is 402 g/mol. The third-order valence-electron chi connectivity index (χ3n) is 6.46. The number of aliphatic hydroxyl groups is 1. The third-order valence-corrected chi connectivity index (χ3v) is 6.77. The molecule has 1 aliphatic carbocycles. The van der Waals surface area contributed by atoms with Gasteiger partial charge in [-0.1, -0.05) is 49.8 Å². The smallest absolute Gasteiger partial charge is 0.253 e. The fourth-order valence-electron chi connectivity index (χ4n) is 4.92. The molecule has 1 amide bonds. The van der Waals surface area contributed by atoms with Crippen LogP contribution in [0.25, 0.3) is 0 Å². The predicted molar refractivity (Wildman–Crippen MR) is 111 cm³/mol. The van der Waals surface area contributed by atoms with Crippen molar-refractivity contribution < 1.29 is 9.90 Å². The highest BCUT2D eigenvalue weighted by Gasteiger charge is 2.38. The first-order valence-corrected chi connectivity index (χ1v) is 10.9. The van der Waals surface area contributed by atoms with Crippen LogP contribution in [0.3, 0.4) is 0 Å².